The summed E-state index contributed by atoms with van der Waals surface area (Å²) in [5.41, 5.74) is 0. The van der Waals surface area contributed by atoms with Gasteiger partial charge in [0.1, 0.15) is 13.2 Å². The zero-order valence-electron chi connectivity index (χ0n) is 51.2. The molecule has 6 heteroatoms. The Labute approximate surface area is 482 Å². The molecule has 0 radical (unpaired) electrons. The first kappa shape index (κ1) is 74.1. The summed E-state index contributed by atoms with van der Waals surface area (Å²) in [6.07, 6.45) is 89.4. The molecule has 0 aliphatic rings. The molecule has 0 saturated carbocycles. The maximum Gasteiger partial charge on any atom is 0.306 e. The van der Waals surface area contributed by atoms with E-state index in [1.807, 2.05) is 0 Å². The Morgan fingerprint density at radius 1 is 0.269 bits per heavy atom. The summed E-state index contributed by atoms with van der Waals surface area (Å²) in [5.74, 6) is -0.912. The number of hydrogen-bond acceptors (Lipinski definition) is 6. The minimum atomic E-state index is -0.795. The summed E-state index contributed by atoms with van der Waals surface area (Å²) >= 11 is 0. The topological polar surface area (TPSA) is 78.9 Å². The fourth-order valence-corrected chi connectivity index (χ4v) is 9.10. The van der Waals surface area contributed by atoms with Gasteiger partial charge in [-0.15, -0.1) is 0 Å². The monoisotopic (exact) mass is 1080 g/mol. The van der Waals surface area contributed by atoms with Crippen LogP contribution in [0.3, 0.4) is 0 Å². The molecule has 6 nitrogen and oxygen atoms in total. The molecule has 446 valence electrons. The van der Waals surface area contributed by atoms with Crippen LogP contribution in [0.15, 0.2) is 109 Å². The van der Waals surface area contributed by atoms with Gasteiger partial charge in [0.05, 0.1) is 0 Å². The summed E-state index contributed by atoms with van der Waals surface area (Å²) in [4.78, 5) is 38.4. The molecule has 0 N–H and O–H groups in total. The second-order valence-electron chi connectivity index (χ2n) is 21.6. The SMILES string of the molecule is CC/C=C\C/C=C\C/C=C\C/C=C\C/C=C\C/C=C\CCCCCCC(=O)OCC(COC(=O)CCCCCCCCCCCCCCCC)OC(=O)CCCCCCCCCC/C=C\C/C=C\C/C=C\CCCCCCC. The summed E-state index contributed by atoms with van der Waals surface area (Å²) in [6.45, 7) is 6.51. The molecule has 0 spiro atoms. The van der Waals surface area contributed by atoms with Gasteiger partial charge in [0, 0.05) is 19.3 Å². The van der Waals surface area contributed by atoms with Gasteiger partial charge in [-0.2, -0.15) is 0 Å². The van der Waals surface area contributed by atoms with Crippen molar-refractivity contribution < 1.29 is 28.6 Å². The van der Waals surface area contributed by atoms with E-state index in [1.54, 1.807) is 0 Å². The first-order chi connectivity index (χ1) is 38.5. The summed E-state index contributed by atoms with van der Waals surface area (Å²) in [5, 5.41) is 0. The maximum absolute atomic E-state index is 12.9. The van der Waals surface area contributed by atoms with Gasteiger partial charge < -0.3 is 14.2 Å². The average Bonchev–Trinajstić information content (AvgIpc) is 3.44. The molecule has 0 aromatic heterocycles. The number of rotatable bonds is 59. The number of ether oxygens (including phenoxy) is 3. The quantitative estimate of drug-likeness (QED) is 0.0261. The van der Waals surface area contributed by atoms with Gasteiger partial charge in [0.15, 0.2) is 6.10 Å². The van der Waals surface area contributed by atoms with Crippen LogP contribution < -0.4 is 0 Å². The molecule has 78 heavy (non-hydrogen) atoms. The third-order valence-corrected chi connectivity index (χ3v) is 14.0. The van der Waals surface area contributed by atoms with E-state index in [-0.39, 0.29) is 31.1 Å². The van der Waals surface area contributed by atoms with Crippen LogP contribution in [0.25, 0.3) is 0 Å². The molecule has 0 amide bonds. The molecule has 0 bridgehead atoms. The zero-order chi connectivity index (χ0) is 56.4. The van der Waals surface area contributed by atoms with Crippen molar-refractivity contribution in [2.24, 2.45) is 0 Å². The highest BCUT2D eigenvalue weighted by Gasteiger charge is 2.19. The molecule has 0 rings (SSSR count). The fourth-order valence-electron chi connectivity index (χ4n) is 9.10. The smallest absolute Gasteiger partial charge is 0.306 e. The Kier molecular flexibility index (Phi) is 62.3. The molecule has 1 unspecified atom stereocenters. The third kappa shape index (κ3) is 62.9. The van der Waals surface area contributed by atoms with Crippen molar-refractivity contribution in [1.82, 2.24) is 0 Å². The van der Waals surface area contributed by atoms with E-state index in [0.29, 0.717) is 19.3 Å². The number of unbranched alkanes of at least 4 members (excludes halogenated alkanes) is 30. The van der Waals surface area contributed by atoms with E-state index in [2.05, 4.69) is 130 Å². The van der Waals surface area contributed by atoms with Gasteiger partial charge in [-0.05, 0) is 109 Å². The Bertz CT molecular complexity index is 1570. The molecule has 0 aromatic carbocycles. The first-order valence-electron chi connectivity index (χ1n) is 32.9. The summed E-state index contributed by atoms with van der Waals surface area (Å²) in [7, 11) is 0. The second kappa shape index (κ2) is 65.6. The van der Waals surface area contributed by atoms with Crippen LogP contribution in [0, 0.1) is 0 Å². The Hall–Kier alpha value is -3.93. The highest BCUT2D eigenvalue weighted by Crippen LogP contribution is 2.16. The fraction of sp³-hybridized carbons (Fsp3) is 0.708. The summed E-state index contributed by atoms with van der Waals surface area (Å²) in [6, 6.07) is 0. The van der Waals surface area contributed by atoms with Gasteiger partial charge in [-0.3, -0.25) is 14.4 Å². The molecular formula is C72H122O6. The van der Waals surface area contributed by atoms with Crippen molar-refractivity contribution in [1.29, 1.82) is 0 Å². The third-order valence-electron chi connectivity index (χ3n) is 14.0. The van der Waals surface area contributed by atoms with Gasteiger partial charge in [0.2, 0.25) is 0 Å². The van der Waals surface area contributed by atoms with Crippen molar-refractivity contribution in [3.8, 4) is 0 Å². The van der Waals surface area contributed by atoms with E-state index in [0.717, 1.165) is 128 Å². The van der Waals surface area contributed by atoms with E-state index < -0.39 is 6.10 Å². The molecule has 1 atom stereocenters. The lowest BCUT2D eigenvalue weighted by Crippen LogP contribution is -2.30. The minimum absolute atomic E-state index is 0.0882. The van der Waals surface area contributed by atoms with Crippen LogP contribution in [0.4, 0.5) is 0 Å². The number of esters is 3. The summed E-state index contributed by atoms with van der Waals surface area (Å²) < 4.78 is 16.9. The predicted octanol–water partition coefficient (Wildman–Crippen LogP) is 22.6. The first-order valence-corrected chi connectivity index (χ1v) is 32.9. The average molecular weight is 1080 g/mol. The van der Waals surface area contributed by atoms with Crippen molar-refractivity contribution in [2.45, 2.75) is 316 Å². The molecule has 0 aromatic rings. The van der Waals surface area contributed by atoms with Crippen LogP contribution in [-0.2, 0) is 28.6 Å². The highest BCUT2D eigenvalue weighted by molar-refractivity contribution is 5.71. The molecule has 0 heterocycles. The number of allylic oxidation sites excluding steroid dienone is 18. The van der Waals surface area contributed by atoms with E-state index in [4.69, 9.17) is 14.2 Å². The largest absolute Gasteiger partial charge is 0.462 e. The minimum Gasteiger partial charge on any atom is -0.462 e. The van der Waals surface area contributed by atoms with Crippen LogP contribution >= 0.6 is 0 Å². The lowest BCUT2D eigenvalue weighted by molar-refractivity contribution is -0.167. The van der Waals surface area contributed by atoms with Gasteiger partial charge in [-0.25, -0.2) is 0 Å². The number of hydrogen-bond donors (Lipinski definition) is 0. The van der Waals surface area contributed by atoms with Crippen molar-refractivity contribution in [3.63, 3.8) is 0 Å². The number of carbonyl (C=O) groups excluding carboxylic acids is 3. The predicted molar refractivity (Wildman–Crippen MR) is 339 cm³/mol. The molecule has 0 fully saturated rings. The lowest BCUT2D eigenvalue weighted by atomic mass is 10.0. The Balaban J connectivity index is 4.42. The molecule has 0 aliphatic heterocycles. The van der Waals surface area contributed by atoms with Crippen LogP contribution in [0.5, 0.6) is 0 Å². The Morgan fingerprint density at radius 2 is 0.500 bits per heavy atom. The molecule has 0 aliphatic carbocycles. The normalized spacial score (nSPS) is 12.8. The van der Waals surface area contributed by atoms with E-state index >= 15 is 0 Å². The standard InChI is InChI=1S/C72H122O6/c1-4-7-10-13-16-19-22-25-28-30-32-34-36-38-40-42-44-47-50-53-56-59-62-65-71(74)77-68-69(67-76-70(73)64-61-58-55-52-49-46-27-24-21-18-15-12-9-6-3)78-72(75)66-63-60-57-54-51-48-45-43-41-39-37-35-33-31-29-26-23-20-17-14-11-8-5-2/h7,10,16,19,23,25-26,28,31-34,37-40,44,47,69H,4-6,8-9,11-15,17-18,20-22,24,27,29-30,35-36,41-43,45-46,48-68H2,1-3H3/b10-7-,19-16-,26-23-,28-25-,33-31-,34-32-,39-37-,40-38-,47-44-. The second-order valence-corrected chi connectivity index (χ2v) is 21.6. The Morgan fingerprint density at radius 3 is 0.782 bits per heavy atom. The van der Waals surface area contributed by atoms with E-state index in [1.165, 1.54) is 141 Å². The van der Waals surface area contributed by atoms with Crippen molar-refractivity contribution in [2.75, 3.05) is 13.2 Å². The van der Waals surface area contributed by atoms with Crippen molar-refractivity contribution in [3.05, 3.63) is 109 Å². The maximum atomic E-state index is 12.9. The lowest BCUT2D eigenvalue weighted by Gasteiger charge is -2.18. The van der Waals surface area contributed by atoms with Gasteiger partial charge in [0.25, 0.3) is 0 Å². The van der Waals surface area contributed by atoms with Crippen LogP contribution in [0.1, 0.15) is 310 Å². The number of carbonyl (C=O) groups is 3. The van der Waals surface area contributed by atoms with Gasteiger partial charge >= 0.3 is 17.9 Å². The zero-order valence-corrected chi connectivity index (χ0v) is 51.2. The van der Waals surface area contributed by atoms with Crippen LogP contribution in [0.2, 0.25) is 0 Å². The van der Waals surface area contributed by atoms with Crippen LogP contribution in [-0.4, -0.2) is 37.2 Å². The van der Waals surface area contributed by atoms with Crippen molar-refractivity contribution >= 4 is 17.9 Å². The molecular weight excluding hydrogens is 961 g/mol. The highest BCUT2D eigenvalue weighted by atomic mass is 16.6. The van der Waals surface area contributed by atoms with Gasteiger partial charge in [-0.1, -0.05) is 291 Å². The molecule has 0 saturated heterocycles. The van der Waals surface area contributed by atoms with E-state index in [9.17, 15) is 14.4 Å².